The second-order valence-corrected chi connectivity index (χ2v) is 10.2. The molecule has 0 radical (unpaired) electrons. The summed E-state index contributed by atoms with van der Waals surface area (Å²) in [6.45, 7) is 2.97. The number of nitrogens with one attached hydrogen (secondary N) is 1. The van der Waals surface area contributed by atoms with Crippen LogP contribution in [0.15, 0.2) is 29.2 Å². The maximum absolute atomic E-state index is 13.0. The van der Waals surface area contributed by atoms with Crippen molar-refractivity contribution in [1.29, 1.82) is 0 Å². The van der Waals surface area contributed by atoms with E-state index < -0.39 is 10.0 Å². The molecule has 2 aromatic carbocycles. The fourth-order valence-corrected chi connectivity index (χ4v) is 5.79. The largest absolute Gasteiger partial charge is 0.379 e. The van der Waals surface area contributed by atoms with Crippen LogP contribution in [0, 0.1) is 6.92 Å². The Morgan fingerprint density at radius 3 is 2.31 bits per heavy atom. The second-order valence-electron chi connectivity index (χ2n) is 6.32. The van der Waals surface area contributed by atoms with E-state index in [1.54, 1.807) is 12.1 Å². The normalized spacial score (nSPS) is 15.3. The Hall–Kier alpha value is -0.640. The van der Waals surface area contributed by atoms with Crippen molar-refractivity contribution in [2.45, 2.75) is 11.8 Å². The number of hydrogen-bond donors (Lipinski definition) is 1. The number of rotatable bonds is 4. The van der Waals surface area contributed by atoms with Gasteiger partial charge < -0.3 is 10.1 Å². The van der Waals surface area contributed by atoms with Crippen LogP contribution >= 0.6 is 58.6 Å². The molecule has 0 aliphatic carbocycles. The van der Waals surface area contributed by atoms with E-state index in [0.717, 1.165) is 5.56 Å². The first kappa shape index (κ1) is 23.0. The molecule has 29 heavy (non-hydrogen) atoms. The Labute approximate surface area is 194 Å². The Bertz CT molecular complexity index is 1050. The molecule has 1 fully saturated rings. The molecule has 0 aromatic heterocycles. The number of nitrogens with zero attached hydrogens (tertiary/aromatic N) is 1. The maximum atomic E-state index is 13.0. The van der Waals surface area contributed by atoms with Crippen molar-refractivity contribution in [3.63, 3.8) is 0 Å². The number of ether oxygens (including phenoxy) is 1. The van der Waals surface area contributed by atoms with Gasteiger partial charge in [-0.15, -0.1) is 0 Å². The van der Waals surface area contributed by atoms with Crippen molar-refractivity contribution in [3.05, 3.63) is 55.5 Å². The van der Waals surface area contributed by atoms with Gasteiger partial charge in [-0.25, -0.2) is 8.42 Å². The van der Waals surface area contributed by atoms with E-state index in [2.05, 4.69) is 5.32 Å². The standard InChI is InChI=1S/C18H16Cl4N2O3S2/c1-10-6-11(7-15(21)17(10)22)23-18(28)12-8-16(14(20)9-13(12)19)29(25,26)24-2-4-27-5-3-24/h6-9H,2-5H2,1H3,(H,23,28). The SMILES string of the molecule is Cc1cc(NC(=S)c2cc(S(=O)(=O)N3CCOCC3)c(Cl)cc2Cl)cc(Cl)c1Cl. The van der Waals surface area contributed by atoms with Crippen LogP contribution in [0.1, 0.15) is 11.1 Å². The van der Waals surface area contributed by atoms with Crippen molar-refractivity contribution in [2.24, 2.45) is 0 Å². The highest BCUT2D eigenvalue weighted by atomic mass is 35.5. The van der Waals surface area contributed by atoms with Crippen LogP contribution in [-0.2, 0) is 14.8 Å². The average molecular weight is 514 g/mol. The summed E-state index contributed by atoms with van der Waals surface area (Å²) in [6, 6.07) is 6.16. The van der Waals surface area contributed by atoms with Crippen molar-refractivity contribution in [1.82, 2.24) is 4.31 Å². The van der Waals surface area contributed by atoms with Gasteiger partial charge in [0, 0.05) is 24.3 Å². The summed E-state index contributed by atoms with van der Waals surface area (Å²) in [5, 5.41) is 4.09. The first-order valence-corrected chi connectivity index (χ1v) is 11.8. The van der Waals surface area contributed by atoms with Crippen LogP contribution in [0.4, 0.5) is 5.69 Å². The summed E-state index contributed by atoms with van der Waals surface area (Å²) in [4.78, 5) is 0.165. The lowest BCUT2D eigenvalue weighted by Crippen LogP contribution is -2.40. The Morgan fingerprint density at radius 1 is 1.03 bits per heavy atom. The van der Waals surface area contributed by atoms with Crippen molar-refractivity contribution in [3.8, 4) is 0 Å². The molecule has 0 unspecified atom stereocenters. The van der Waals surface area contributed by atoms with Gasteiger partial charge in [-0.1, -0.05) is 58.6 Å². The molecule has 11 heteroatoms. The lowest BCUT2D eigenvalue weighted by Gasteiger charge is -2.26. The van der Waals surface area contributed by atoms with E-state index >= 15 is 0 Å². The van der Waals surface area contributed by atoms with Gasteiger partial charge in [0.25, 0.3) is 0 Å². The highest BCUT2D eigenvalue weighted by molar-refractivity contribution is 7.89. The van der Waals surface area contributed by atoms with Gasteiger partial charge >= 0.3 is 0 Å². The van der Waals surface area contributed by atoms with E-state index in [4.69, 9.17) is 63.4 Å². The minimum Gasteiger partial charge on any atom is -0.379 e. The zero-order valence-corrected chi connectivity index (χ0v) is 19.8. The van der Waals surface area contributed by atoms with Gasteiger partial charge in [0.1, 0.15) is 9.88 Å². The first-order valence-electron chi connectivity index (χ1n) is 8.45. The monoisotopic (exact) mass is 512 g/mol. The molecule has 1 aliphatic heterocycles. The molecule has 0 saturated carbocycles. The van der Waals surface area contributed by atoms with Gasteiger partial charge in [-0.3, -0.25) is 0 Å². The molecule has 0 bridgehead atoms. The Balaban J connectivity index is 1.96. The number of aryl methyl sites for hydroxylation is 1. The lowest BCUT2D eigenvalue weighted by molar-refractivity contribution is 0.0730. The molecule has 0 spiro atoms. The summed E-state index contributed by atoms with van der Waals surface area (Å²) in [5.74, 6) is 0. The summed E-state index contributed by atoms with van der Waals surface area (Å²) in [6.07, 6.45) is 0. The molecular formula is C18H16Cl4N2O3S2. The zero-order valence-electron chi connectivity index (χ0n) is 15.1. The highest BCUT2D eigenvalue weighted by Gasteiger charge is 2.29. The van der Waals surface area contributed by atoms with E-state index in [-0.39, 0.29) is 33.0 Å². The second kappa shape index (κ2) is 9.24. The molecular weight excluding hydrogens is 498 g/mol. The number of morpholine rings is 1. The number of benzene rings is 2. The summed E-state index contributed by atoms with van der Waals surface area (Å²) in [7, 11) is -3.82. The van der Waals surface area contributed by atoms with Crippen LogP contribution in [-0.4, -0.2) is 44.0 Å². The van der Waals surface area contributed by atoms with Crippen LogP contribution < -0.4 is 5.32 Å². The summed E-state index contributed by atoms with van der Waals surface area (Å²) < 4.78 is 32.6. The fraction of sp³-hybridized carbons (Fsp3) is 0.278. The van der Waals surface area contributed by atoms with E-state index in [1.807, 2.05) is 6.92 Å². The molecule has 1 N–H and O–H groups in total. The molecule has 3 rings (SSSR count). The molecule has 1 saturated heterocycles. The van der Waals surface area contributed by atoms with Crippen molar-refractivity contribution >= 4 is 79.3 Å². The van der Waals surface area contributed by atoms with Gasteiger partial charge in [0.15, 0.2) is 0 Å². The Kier molecular flexibility index (Phi) is 7.34. The lowest BCUT2D eigenvalue weighted by atomic mass is 10.2. The van der Waals surface area contributed by atoms with Crippen LogP contribution in [0.2, 0.25) is 20.1 Å². The molecule has 2 aromatic rings. The van der Waals surface area contributed by atoms with E-state index in [1.165, 1.54) is 16.4 Å². The maximum Gasteiger partial charge on any atom is 0.244 e. The summed E-state index contributed by atoms with van der Waals surface area (Å²) >= 11 is 30.2. The number of sulfonamides is 1. The highest BCUT2D eigenvalue weighted by Crippen LogP contribution is 2.33. The summed E-state index contributed by atoms with van der Waals surface area (Å²) in [5.41, 5.74) is 1.70. The Morgan fingerprint density at radius 2 is 1.69 bits per heavy atom. The predicted octanol–water partition coefficient (Wildman–Crippen LogP) is 5.42. The minimum atomic E-state index is -3.82. The number of thiocarbonyl (C=S) groups is 1. The average Bonchev–Trinajstić information content (AvgIpc) is 2.66. The zero-order chi connectivity index (χ0) is 21.3. The molecule has 1 aliphatic rings. The molecule has 156 valence electrons. The first-order chi connectivity index (χ1) is 13.6. The van der Waals surface area contributed by atoms with Gasteiger partial charge in [0.2, 0.25) is 10.0 Å². The third-order valence-electron chi connectivity index (χ3n) is 4.32. The van der Waals surface area contributed by atoms with Gasteiger partial charge in [-0.05, 0) is 36.8 Å². The third-order valence-corrected chi connectivity index (χ3v) is 8.22. The molecule has 0 atom stereocenters. The quantitative estimate of drug-likeness (QED) is 0.553. The van der Waals surface area contributed by atoms with E-state index in [0.29, 0.717) is 34.5 Å². The minimum absolute atomic E-state index is 0.0263. The van der Waals surface area contributed by atoms with Crippen LogP contribution in [0.25, 0.3) is 0 Å². The number of hydrogen-bond acceptors (Lipinski definition) is 4. The van der Waals surface area contributed by atoms with Crippen LogP contribution in [0.3, 0.4) is 0 Å². The number of anilines is 1. The number of halogens is 4. The molecule has 1 heterocycles. The predicted molar refractivity (Wildman–Crippen MR) is 123 cm³/mol. The fourth-order valence-electron chi connectivity index (χ4n) is 2.82. The van der Waals surface area contributed by atoms with Crippen molar-refractivity contribution < 1.29 is 13.2 Å². The van der Waals surface area contributed by atoms with Crippen LogP contribution in [0.5, 0.6) is 0 Å². The topological polar surface area (TPSA) is 58.6 Å². The van der Waals surface area contributed by atoms with Gasteiger partial charge in [-0.2, -0.15) is 4.31 Å². The molecule has 0 amide bonds. The van der Waals surface area contributed by atoms with Crippen molar-refractivity contribution in [2.75, 3.05) is 31.6 Å². The van der Waals surface area contributed by atoms with Gasteiger partial charge in [0.05, 0.1) is 33.3 Å². The smallest absolute Gasteiger partial charge is 0.244 e. The third kappa shape index (κ3) is 4.99. The van der Waals surface area contributed by atoms with E-state index in [9.17, 15) is 8.42 Å². The molecule has 5 nitrogen and oxygen atoms in total.